The van der Waals surface area contributed by atoms with Crippen molar-refractivity contribution in [3.05, 3.63) is 24.0 Å². The monoisotopic (exact) mass is 304 g/mol. The molecular weight excluding hydrogens is 283 g/mol. The second-order valence-electron chi connectivity index (χ2n) is 5.95. The lowest BCUT2D eigenvalue weighted by molar-refractivity contribution is 0.125. The van der Waals surface area contributed by atoms with Crippen LogP contribution < -0.4 is 10.5 Å². The Morgan fingerprint density at radius 2 is 2.00 bits per heavy atom. The summed E-state index contributed by atoms with van der Waals surface area (Å²) in [5, 5.41) is 9.79. The van der Waals surface area contributed by atoms with Crippen LogP contribution in [0.1, 0.15) is 27.2 Å². The Balaban J connectivity index is 2.78. The maximum atomic E-state index is 13.1. The van der Waals surface area contributed by atoms with Crippen LogP contribution in [-0.4, -0.2) is 26.2 Å². The second-order valence-corrected chi connectivity index (χ2v) is 7.69. The molecule has 1 atom stereocenters. The van der Waals surface area contributed by atoms with E-state index in [1.54, 1.807) is 0 Å². The minimum atomic E-state index is -3.94. The van der Waals surface area contributed by atoms with Crippen molar-refractivity contribution < 1.29 is 17.9 Å². The van der Waals surface area contributed by atoms with E-state index in [2.05, 4.69) is 4.72 Å². The number of rotatable bonds is 5. The number of halogens is 1. The van der Waals surface area contributed by atoms with E-state index in [0.29, 0.717) is 6.42 Å². The highest BCUT2D eigenvalue weighted by atomic mass is 32.2. The van der Waals surface area contributed by atoms with E-state index in [1.807, 2.05) is 20.8 Å². The van der Waals surface area contributed by atoms with Crippen molar-refractivity contribution in [2.75, 3.05) is 12.3 Å². The second kappa shape index (κ2) is 6.07. The molecule has 20 heavy (non-hydrogen) atoms. The fraction of sp³-hybridized carbons (Fsp3) is 0.538. The lowest BCUT2D eigenvalue weighted by Crippen LogP contribution is -2.34. The largest absolute Gasteiger partial charge is 0.398 e. The zero-order chi connectivity index (χ0) is 15.6. The molecule has 0 aliphatic rings. The van der Waals surface area contributed by atoms with Crippen molar-refractivity contribution >= 4 is 15.7 Å². The van der Waals surface area contributed by atoms with Crippen LogP contribution in [0.25, 0.3) is 0 Å². The van der Waals surface area contributed by atoms with Crippen LogP contribution in [0, 0.1) is 11.2 Å². The number of nitrogens with one attached hydrogen (secondary N) is 1. The maximum Gasteiger partial charge on any atom is 0.242 e. The Hall–Kier alpha value is -1.18. The minimum absolute atomic E-state index is 0.0378. The predicted molar refractivity (Wildman–Crippen MR) is 76.1 cm³/mol. The van der Waals surface area contributed by atoms with Gasteiger partial charge in [0.25, 0.3) is 0 Å². The molecule has 1 unspecified atom stereocenters. The van der Waals surface area contributed by atoms with Crippen LogP contribution >= 0.6 is 0 Å². The lowest BCUT2D eigenvalue weighted by Gasteiger charge is -2.22. The Bertz CT molecular complexity index is 567. The van der Waals surface area contributed by atoms with Crippen LogP contribution in [0.5, 0.6) is 0 Å². The first-order valence-electron chi connectivity index (χ1n) is 6.24. The van der Waals surface area contributed by atoms with Crippen LogP contribution in [0.4, 0.5) is 10.1 Å². The average Bonchev–Trinajstić information content (AvgIpc) is 2.27. The number of aliphatic hydroxyl groups is 1. The number of aliphatic hydroxyl groups excluding tert-OH is 1. The van der Waals surface area contributed by atoms with Gasteiger partial charge in [0.2, 0.25) is 10.0 Å². The van der Waals surface area contributed by atoms with E-state index in [-0.39, 0.29) is 22.5 Å². The van der Waals surface area contributed by atoms with Crippen molar-refractivity contribution in [1.29, 1.82) is 0 Å². The van der Waals surface area contributed by atoms with Crippen LogP contribution in [0.15, 0.2) is 23.1 Å². The summed E-state index contributed by atoms with van der Waals surface area (Å²) < 4.78 is 39.4. The van der Waals surface area contributed by atoms with Gasteiger partial charge in [0.15, 0.2) is 0 Å². The van der Waals surface area contributed by atoms with E-state index in [9.17, 15) is 17.9 Å². The molecule has 0 aromatic heterocycles. The highest BCUT2D eigenvalue weighted by Crippen LogP contribution is 2.22. The number of anilines is 1. The van der Waals surface area contributed by atoms with Gasteiger partial charge in [-0.3, -0.25) is 0 Å². The fourth-order valence-corrected chi connectivity index (χ4v) is 3.02. The van der Waals surface area contributed by atoms with Gasteiger partial charge < -0.3 is 10.8 Å². The zero-order valence-corrected chi connectivity index (χ0v) is 12.7. The number of benzene rings is 1. The van der Waals surface area contributed by atoms with Crippen molar-refractivity contribution in [3.8, 4) is 0 Å². The molecule has 7 heteroatoms. The van der Waals surface area contributed by atoms with Gasteiger partial charge in [0.05, 0.1) is 11.8 Å². The summed E-state index contributed by atoms with van der Waals surface area (Å²) in [4.78, 5) is -0.319. The molecule has 0 spiro atoms. The highest BCUT2D eigenvalue weighted by Gasteiger charge is 2.22. The van der Waals surface area contributed by atoms with E-state index in [4.69, 9.17) is 5.73 Å². The van der Waals surface area contributed by atoms with Gasteiger partial charge in [0.1, 0.15) is 10.7 Å². The van der Waals surface area contributed by atoms with Gasteiger partial charge in [-0.05, 0) is 30.0 Å². The molecule has 4 N–H and O–H groups in total. The molecule has 5 nitrogen and oxygen atoms in total. The number of nitrogen functional groups attached to an aromatic ring is 1. The molecule has 0 saturated carbocycles. The summed E-state index contributed by atoms with van der Waals surface area (Å²) in [6, 6.07) is 3.13. The van der Waals surface area contributed by atoms with Crippen LogP contribution in [-0.2, 0) is 10.0 Å². The molecule has 0 aliphatic carbocycles. The lowest BCUT2D eigenvalue weighted by atomic mass is 9.89. The molecule has 114 valence electrons. The maximum absolute atomic E-state index is 13.1. The SMILES string of the molecule is CC(C)(C)CC(O)CNS(=O)(=O)c1cc(F)ccc1N. The first-order chi connectivity index (χ1) is 9.01. The first kappa shape index (κ1) is 16.9. The Morgan fingerprint density at radius 1 is 1.40 bits per heavy atom. The number of hydrogen-bond donors (Lipinski definition) is 3. The fourth-order valence-electron chi connectivity index (χ4n) is 1.80. The molecule has 0 heterocycles. The summed E-state index contributed by atoms with van der Waals surface area (Å²) in [7, 11) is -3.94. The topological polar surface area (TPSA) is 92.4 Å². The predicted octanol–water partition coefficient (Wildman–Crippen LogP) is 1.48. The van der Waals surface area contributed by atoms with Crippen LogP contribution in [0.3, 0.4) is 0 Å². The normalized spacial score (nSPS) is 14.2. The van der Waals surface area contributed by atoms with Gasteiger partial charge in [0, 0.05) is 6.54 Å². The van der Waals surface area contributed by atoms with Crippen molar-refractivity contribution in [2.24, 2.45) is 5.41 Å². The van der Waals surface area contributed by atoms with Crippen LogP contribution in [0.2, 0.25) is 0 Å². The van der Waals surface area contributed by atoms with Gasteiger partial charge in [-0.25, -0.2) is 17.5 Å². The van der Waals surface area contributed by atoms with Crippen molar-refractivity contribution in [1.82, 2.24) is 4.72 Å². The number of sulfonamides is 1. The molecule has 0 bridgehead atoms. The molecule has 0 amide bonds. The molecule has 0 aliphatic heterocycles. The van der Waals surface area contributed by atoms with E-state index >= 15 is 0 Å². The molecule has 0 fully saturated rings. The summed E-state index contributed by atoms with van der Waals surface area (Å²) in [6.07, 6.45) is -0.381. The Labute approximate surface area is 119 Å². The third-order valence-corrected chi connectivity index (χ3v) is 4.10. The molecule has 1 rings (SSSR count). The quantitative estimate of drug-likeness (QED) is 0.718. The average molecular weight is 304 g/mol. The number of nitrogens with two attached hydrogens (primary N) is 1. The van der Waals surface area contributed by atoms with E-state index < -0.39 is 21.9 Å². The van der Waals surface area contributed by atoms with Gasteiger partial charge in [-0.1, -0.05) is 20.8 Å². The minimum Gasteiger partial charge on any atom is -0.398 e. The van der Waals surface area contributed by atoms with Gasteiger partial charge >= 0.3 is 0 Å². The Morgan fingerprint density at radius 3 is 2.55 bits per heavy atom. The smallest absolute Gasteiger partial charge is 0.242 e. The van der Waals surface area contributed by atoms with E-state index in [0.717, 1.165) is 12.1 Å². The van der Waals surface area contributed by atoms with Crippen molar-refractivity contribution in [2.45, 2.75) is 38.2 Å². The standard InChI is InChI=1S/C13H21FN2O3S/c1-13(2,3)7-10(17)8-16-20(18,19)12-6-9(14)4-5-11(12)15/h4-6,10,16-17H,7-8,15H2,1-3H3. The third kappa shape index (κ3) is 5.07. The molecule has 0 radical (unpaired) electrons. The molecular formula is C13H21FN2O3S. The summed E-state index contributed by atoms with van der Waals surface area (Å²) in [6.45, 7) is 5.68. The first-order valence-corrected chi connectivity index (χ1v) is 7.72. The molecule has 0 saturated heterocycles. The van der Waals surface area contributed by atoms with Crippen molar-refractivity contribution in [3.63, 3.8) is 0 Å². The third-order valence-electron chi connectivity index (χ3n) is 2.62. The summed E-state index contributed by atoms with van der Waals surface area (Å²) in [5.41, 5.74) is 5.38. The number of hydrogen-bond acceptors (Lipinski definition) is 4. The molecule has 1 aromatic rings. The van der Waals surface area contributed by atoms with E-state index in [1.165, 1.54) is 6.07 Å². The zero-order valence-electron chi connectivity index (χ0n) is 11.9. The summed E-state index contributed by atoms with van der Waals surface area (Å²) in [5.74, 6) is -0.685. The van der Waals surface area contributed by atoms with Gasteiger partial charge in [-0.15, -0.1) is 0 Å². The van der Waals surface area contributed by atoms with Gasteiger partial charge in [-0.2, -0.15) is 0 Å². The molecule has 1 aromatic carbocycles. The highest BCUT2D eigenvalue weighted by molar-refractivity contribution is 7.89. The Kier molecular flexibility index (Phi) is 5.12. The summed E-state index contributed by atoms with van der Waals surface area (Å²) >= 11 is 0.